The van der Waals surface area contributed by atoms with Gasteiger partial charge in [0.05, 0.1) is 33.1 Å². The number of benzene rings is 11. The topological polar surface area (TPSA) is 31.3 Å². The van der Waals surface area contributed by atoms with Gasteiger partial charge in [-0.05, 0) is 118 Å². The highest BCUT2D eigenvalue weighted by molar-refractivity contribution is 7.26. The lowest BCUT2D eigenvalue weighted by atomic mass is 9.98. The first kappa shape index (κ1) is 39.5. The zero-order valence-corrected chi connectivity index (χ0v) is 39.5. The standard InChI is InChI=1S/C67H39N3OS/c71-67-53-31-27-41(40-14-3-1-4-15-40)34-55(53)51-21-13-22-52-57-36-44(29-33-62(57)70(67)65(51)52)54-38-46(39-58-50-20-9-12-25-64(50)72-66(54)58)69-60-24-11-8-19-48(60)56-35-42(28-32-61(56)69)43-26-30-49-47-18-7-10-23-59(47)68(63(49)37-43)45-16-5-2-6-17-45/h1-39H. The average molecular weight is 934 g/mol. The minimum Gasteiger partial charge on any atom is -0.309 e. The summed E-state index contributed by atoms with van der Waals surface area (Å²) < 4.78 is 9.31. The van der Waals surface area contributed by atoms with Gasteiger partial charge in [0.15, 0.2) is 0 Å². The summed E-state index contributed by atoms with van der Waals surface area (Å²) in [6.45, 7) is 0. The third-order valence-corrected chi connectivity index (χ3v) is 16.6. The van der Waals surface area contributed by atoms with Crippen molar-refractivity contribution in [2.45, 2.75) is 0 Å². The maximum Gasteiger partial charge on any atom is 0.263 e. The van der Waals surface area contributed by atoms with E-state index in [1.165, 1.54) is 69.4 Å². The number of fused-ring (bicyclic) bond motifs is 14. The predicted octanol–water partition coefficient (Wildman–Crippen LogP) is 17.8. The van der Waals surface area contributed by atoms with E-state index in [0.29, 0.717) is 0 Å². The largest absolute Gasteiger partial charge is 0.309 e. The first-order valence-electron chi connectivity index (χ1n) is 24.5. The number of pyridine rings is 1. The number of nitrogens with zero attached hydrogens (tertiary/aromatic N) is 3. The molecule has 0 saturated heterocycles. The van der Waals surface area contributed by atoms with Crippen molar-refractivity contribution in [3.63, 3.8) is 0 Å². The molecule has 0 aliphatic carbocycles. The van der Waals surface area contributed by atoms with Crippen LogP contribution in [-0.4, -0.2) is 13.5 Å². The molecule has 0 aliphatic heterocycles. The summed E-state index contributed by atoms with van der Waals surface area (Å²) in [5.41, 5.74) is 15.7. The molecular formula is C67H39N3OS. The first-order valence-corrected chi connectivity index (χ1v) is 25.3. The van der Waals surface area contributed by atoms with Gasteiger partial charge in [-0.2, -0.15) is 0 Å². The summed E-state index contributed by atoms with van der Waals surface area (Å²) in [6.07, 6.45) is 0. The highest BCUT2D eigenvalue weighted by Crippen LogP contribution is 2.46. The maximum atomic E-state index is 14.7. The van der Waals surface area contributed by atoms with Crippen LogP contribution in [0.1, 0.15) is 0 Å². The van der Waals surface area contributed by atoms with Crippen LogP contribution < -0.4 is 5.56 Å². The first-order chi connectivity index (χ1) is 35.6. The molecular weight excluding hydrogens is 895 g/mol. The third-order valence-electron chi connectivity index (χ3n) is 15.4. The summed E-state index contributed by atoms with van der Waals surface area (Å²) in [5.74, 6) is 0. The van der Waals surface area contributed by atoms with E-state index >= 15 is 0 Å². The molecule has 0 radical (unpaired) electrons. The zero-order chi connectivity index (χ0) is 47.2. The molecule has 0 saturated carbocycles. The van der Waals surface area contributed by atoms with Crippen molar-refractivity contribution in [3.05, 3.63) is 247 Å². The van der Waals surface area contributed by atoms with Crippen LogP contribution in [0.25, 0.3) is 147 Å². The molecule has 0 spiro atoms. The van der Waals surface area contributed by atoms with E-state index < -0.39 is 0 Å². The lowest BCUT2D eigenvalue weighted by Crippen LogP contribution is -2.12. The molecule has 0 fully saturated rings. The van der Waals surface area contributed by atoms with Crippen molar-refractivity contribution < 1.29 is 0 Å². The molecule has 0 N–H and O–H groups in total. The van der Waals surface area contributed by atoms with E-state index in [0.717, 1.165) is 77.1 Å². The Morgan fingerprint density at radius 2 is 0.819 bits per heavy atom. The van der Waals surface area contributed by atoms with Crippen LogP contribution >= 0.6 is 11.3 Å². The normalized spacial score (nSPS) is 12.2. The van der Waals surface area contributed by atoms with E-state index in [2.05, 4.69) is 234 Å². The molecule has 0 atom stereocenters. The second-order valence-electron chi connectivity index (χ2n) is 19.2. The van der Waals surface area contributed by atoms with Crippen LogP contribution in [0.2, 0.25) is 0 Å². The Bertz CT molecular complexity index is 5000. The molecule has 72 heavy (non-hydrogen) atoms. The van der Waals surface area contributed by atoms with Gasteiger partial charge in [0, 0.05) is 80.2 Å². The van der Waals surface area contributed by atoms with Crippen LogP contribution in [0.5, 0.6) is 0 Å². The van der Waals surface area contributed by atoms with Gasteiger partial charge in [0.2, 0.25) is 0 Å². The van der Waals surface area contributed by atoms with E-state index in [9.17, 15) is 4.79 Å². The van der Waals surface area contributed by atoms with Crippen LogP contribution in [-0.2, 0) is 0 Å². The smallest absolute Gasteiger partial charge is 0.263 e. The van der Waals surface area contributed by atoms with Gasteiger partial charge in [-0.15, -0.1) is 11.3 Å². The molecule has 16 rings (SSSR count). The van der Waals surface area contributed by atoms with Crippen molar-refractivity contribution in [2.75, 3.05) is 0 Å². The van der Waals surface area contributed by atoms with Gasteiger partial charge < -0.3 is 9.13 Å². The number of para-hydroxylation sites is 4. The molecule has 16 aromatic rings. The Balaban J connectivity index is 0.899. The molecule has 0 unspecified atom stereocenters. The van der Waals surface area contributed by atoms with Crippen molar-refractivity contribution in [1.82, 2.24) is 13.5 Å². The van der Waals surface area contributed by atoms with Gasteiger partial charge in [-0.1, -0.05) is 152 Å². The zero-order valence-electron chi connectivity index (χ0n) is 38.7. The predicted molar refractivity (Wildman–Crippen MR) is 305 cm³/mol. The summed E-state index contributed by atoms with van der Waals surface area (Å²) in [6, 6.07) is 85.6. The molecule has 5 heteroatoms. The van der Waals surface area contributed by atoms with Gasteiger partial charge >= 0.3 is 0 Å². The van der Waals surface area contributed by atoms with E-state index in [-0.39, 0.29) is 5.56 Å². The molecule has 334 valence electrons. The fourth-order valence-electron chi connectivity index (χ4n) is 12.1. The fraction of sp³-hybridized carbons (Fsp3) is 0. The quantitative estimate of drug-likeness (QED) is 0.158. The number of aromatic nitrogens is 3. The Labute approximate surface area is 416 Å². The van der Waals surface area contributed by atoms with Gasteiger partial charge in [0.25, 0.3) is 5.56 Å². The molecule has 0 aliphatic rings. The summed E-state index contributed by atoms with van der Waals surface area (Å²) in [7, 11) is 0. The molecule has 0 bridgehead atoms. The number of hydrogen-bond donors (Lipinski definition) is 0. The van der Waals surface area contributed by atoms with Crippen molar-refractivity contribution in [3.8, 4) is 44.8 Å². The summed E-state index contributed by atoms with van der Waals surface area (Å²) in [5, 5.41) is 12.3. The summed E-state index contributed by atoms with van der Waals surface area (Å²) in [4.78, 5) is 14.7. The average Bonchev–Trinajstić information content (AvgIpc) is 4.19. The van der Waals surface area contributed by atoms with Crippen LogP contribution in [0.4, 0.5) is 0 Å². The van der Waals surface area contributed by atoms with Crippen LogP contribution in [0, 0.1) is 0 Å². The molecule has 5 aromatic heterocycles. The Morgan fingerprint density at radius 1 is 0.292 bits per heavy atom. The monoisotopic (exact) mass is 933 g/mol. The lowest BCUT2D eigenvalue weighted by molar-refractivity contribution is 1.18. The Hall–Kier alpha value is -9.29. The molecule has 0 amide bonds. The van der Waals surface area contributed by atoms with E-state index in [4.69, 9.17) is 0 Å². The minimum absolute atomic E-state index is 0.00961. The van der Waals surface area contributed by atoms with Crippen molar-refractivity contribution in [1.29, 1.82) is 0 Å². The second kappa shape index (κ2) is 14.9. The van der Waals surface area contributed by atoms with Crippen LogP contribution in [0.3, 0.4) is 0 Å². The highest BCUT2D eigenvalue weighted by atomic mass is 32.1. The highest BCUT2D eigenvalue weighted by Gasteiger charge is 2.22. The Kier molecular flexibility index (Phi) is 8.16. The SMILES string of the molecule is O=c1c2ccc(-c3ccccc3)cc2c2cccc3c4cc(-c5cc(-n6c7ccccc7c7cc(-c8ccc9c%10ccccc%10n(-c%10ccccc%10)c9c8)ccc76)cc6c5sc5ccccc56)ccc4n1c23. The Morgan fingerprint density at radius 3 is 1.62 bits per heavy atom. The second-order valence-corrected chi connectivity index (χ2v) is 20.2. The van der Waals surface area contributed by atoms with Crippen molar-refractivity contribution >= 4 is 113 Å². The van der Waals surface area contributed by atoms with E-state index in [1.807, 2.05) is 27.9 Å². The molecule has 5 heterocycles. The van der Waals surface area contributed by atoms with Gasteiger partial charge in [-0.3, -0.25) is 9.20 Å². The number of rotatable bonds is 5. The third kappa shape index (κ3) is 5.54. The number of thiophene rings is 1. The summed E-state index contributed by atoms with van der Waals surface area (Å²) >= 11 is 1.85. The number of hydrogen-bond acceptors (Lipinski definition) is 2. The molecule has 4 nitrogen and oxygen atoms in total. The fourth-order valence-corrected chi connectivity index (χ4v) is 13.4. The minimum atomic E-state index is 0.00961. The maximum absolute atomic E-state index is 14.7. The van der Waals surface area contributed by atoms with Crippen LogP contribution in [0.15, 0.2) is 241 Å². The van der Waals surface area contributed by atoms with Gasteiger partial charge in [-0.25, -0.2) is 0 Å². The van der Waals surface area contributed by atoms with E-state index in [1.54, 1.807) is 0 Å². The van der Waals surface area contributed by atoms with Crippen molar-refractivity contribution in [2.24, 2.45) is 0 Å². The lowest BCUT2D eigenvalue weighted by Gasteiger charge is -2.13. The van der Waals surface area contributed by atoms with Gasteiger partial charge in [0.1, 0.15) is 0 Å². The molecule has 11 aromatic carbocycles.